The maximum atomic E-state index is 11.8. The summed E-state index contributed by atoms with van der Waals surface area (Å²) in [4.78, 5) is 15.6. The zero-order valence-electron chi connectivity index (χ0n) is 9.65. The quantitative estimate of drug-likeness (QED) is 0.714. The van der Waals surface area contributed by atoms with E-state index in [2.05, 4.69) is 15.6 Å². The van der Waals surface area contributed by atoms with E-state index in [1.165, 1.54) is 12.3 Å². The Morgan fingerprint density at radius 1 is 1.53 bits per heavy atom. The van der Waals surface area contributed by atoms with Crippen molar-refractivity contribution in [3.05, 3.63) is 24.0 Å². The summed E-state index contributed by atoms with van der Waals surface area (Å²) in [5.41, 5.74) is 0.0986. The molecule has 5 nitrogen and oxygen atoms in total. The third-order valence-corrected chi connectivity index (χ3v) is 3.01. The molecule has 0 atom stereocenters. The molecule has 92 valence electrons. The first-order valence-corrected chi connectivity index (χ1v) is 5.90. The fraction of sp³-hybridized carbons (Fsp3) is 0.500. The molecule has 3 N–H and O–H groups in total. The fourth-order valence-electron chi connectivity index (χ4n) is 1.98. The van der Waals surface area contributed by atoms with Gasteiger partial charge in [-0.25, -0.2) is 4.98 Å². The molecule has 2 heterocycles. The van der Waals surface area contributed by atoms with Crippen molar-refractivity contribution in [2.24, 2.45) is 5.92 Å². The average Bonchev–Trinajstić information content (AvgIpc) is 2.38. The molecule has 1 fully saturated rings. The minimum atomic E-state index is -0.304. The van der Waals surface area contributed by atoms with Gasteiger partial charge in [0.25, 0.3) is 5.91 Å². The summed E-state index contributed by atoms with van der Waals surface area (Å²) in [6, 6.07) is 3.06. The first-order chi connectivity index (χ1) is 8.27. The van der Waals surface area contributed by atoms with Crippen molar-refractivity contribution < 1.29 is 9.90 Å². The maximum absolute atomic E-state index is 11.8. The molecule has 0 unspecified atom stereocenters. The van der Waals surface area contributed by atoms with Gasteiger partial charge in [-0.05, 0) is 44.0 Å². The Morgan fingerprint density at radius 3 is 3.00 bits per heavy atom. The number of carbonyl (C=O) groups is 1. The van der Waals surface area contributed by atoms with Gasteiger partial charge in [0.15, 0.2) is 5.69 Å². The third kappa shape index (κ3) is 3.17. The summed E-state index contributed by atoms with van der Waals surface area (Å²) in [6.07, 6.45) is 3.65. The molecule has 5 heteroatoms. The van der Waals surface area contributed by atoms with Crippen molar-refractivity contribution in [2.45, 2.75) is 12.8 Å². The highest BCUT2D eigenvalue weighted by Crippen LogP contribution is 2.13. The smallest absolute Gasteiger partial charge is 0.273 e. The van der Waals surface area contributed by atoms with Gasteiger partial charge in [-0.15, -0.1) is 0 Å². The van der Waals surface area contributed by atoms with Crippen LogP contribution < -0.4 is 10.6 Å². The van der Waals surface area contributed by atoms with E-state index in [1.54, 1.807) is 6.07 Å². The number of piperidine rings is 1. The molecule has 0 aromatic carbocycles. The van der Waals surface area contributed by atoms with Gasteiger partial charge in [-0.3, -0.25) is 4.79 Å². The number of hydrogen-bond donors (Lipinski definition) is 3. The predicted molar refractivity (Wildman–Crippen MR) is 63.8 cm³/mol. The zero-order chi connectivity index (χ0) is 12.1. The zero-order valence-corrected chi connectivity index (χ0v) is 9.65. The van der Waals surface area contributed by atoms with Gasteiger partial charge in [0.05, 0.1) is 0 Å². The molecule has 1 aliphatic rings. The van der Waals surface area contributed by atoms with Crippen molar-refractivity contribution in [3.63, 3.8) is 0 Å². The lowest BCUT2D eigenvalue weighted by Crippen LogP contribution is -2.36. The predicted octanol–water partition coefficient (Wildman–Crippen LogP) is 0.517. The number of aromatic hydroxyl groups is 1. The second kappa shape index (κ2) is 5.63. The van der Waals surface area contributed by atoms with E-state index in [0.717, 1.165) is 25.9 Å². The minimum absolute atomic E-state index is 0.0738. The van der Waals surface area contributed by atoms with Crippen molar-refractivity contribution >= 4 is 5.91 Å². The Balaban J connectivity index is 1.87. The van der Waals surface area contributed by atoms with E-state index in [1.807, 2.05) is 0 Å². The van der Waals surface area contributed by atoms with Crippen molar-refractivity contribution in [2.75, 3.05) is 19.6 Å². The minimum Gasteiger partial charge on any atom is -0.505 e. The molecule has 1 aromatic rings. The molecular weight excluding hydrogens is 218 g/mol. The van der Waals surface area contributed by atoms with Crippen LogP contribution in [0.2, 0.25) is 0 Å². The molecule has 0 bridgehead atoms. The molecule has 0 saturated carbocycles. The second-order valence-electron chi connectivity index (χ2n) is 4.27. The highest BCUT2D eigenvalue weighted by atomic mass is 16.3. The van der Waals surface area contributed by atoms with Gasteiger partial charge in [0.2, 0.25) is 0 Å². The molecule has 1 aromatic heterocycles. The third-order valence-electron chi connectivity index (χ3n) is 3.01. The van der Waals surface area contributed by atoms with E-state index in [0.29, 0.717) is 12.5 Å². The summed E-state index contributed by atoms with van der Waals surface area (Å²) < 4.78 is 0. The molecule has 1 aliphatic heterocycles. The lowest BCUT2D eigenvalue weighted by Gasteiger charge is -2.22. The summed E-state index contributed by atoms with van der Waals surface area (Å²) in [5, 5.41) is 15.6. The van der Waals surface area contributed by atoms with Crippen molar-refractivity contribution in [1.29, 1.82) is 0 Å². The lowest BCUT2D eigenvalue weighted by molar-refractivity contribution is 0.0936. The van der Waals surface area contributed by atoms with Crippen LogP contribution in [-0.4, -0.2) is 35.6 Å². The van der Waals surface area contributed by atoms with Crippen LogP contribution in [0.25, 0.3) is 0 Å². The Labute approximate surface area is 100 Å². The Hall–Kier alpha value is -1.62. The maximum Gasteiger partial charge on any atom is 0.273 e. The fourth-order valence-corrected chi connectivity index (χ4v) is 1.98. The summed E-state index contributed by atoms with van der Waals surface area (Å²) >= 11 is 0. The average molecular weight is 235 g/mol. The van der Waals surface area contributed by atoms with Gasteiger partial charge < -0.3 is 15.7 Å². The number of nitrogens with zero attached hydrogens (tertiary/aromatic N) is 1. The van der Waals surface area contributed by atoms with E-state index in [-0.39, 0.29) is 17.4 Å². The molecule has 1 saturated heterocycles. The van der Waals surface area contributed by atoms with Crippen LogP contribution in [0.4, 0.5) is 0 Å². The molecule has 0 spiro atoms. The largest absolute Gasteiger partial charge is 0.505 e. The first-order valence-electron chi connectivity index (χ1n) is 5.90. The van der Waals surface area contributed by atoms with Crippen LogP contribution >= 0.6 is 0 Å². The number of nitrogens with one attached hydrogen (secondary N) is 2. The number of hydrogen-bond acceptors (Lipinski definition) is 4. The van der Waals surface area contributed by atoms with Gasteiger partial charge in [0, 0.05) is 12.7 Å². The topological polar surface area (TPSA) is 74.2 Å². The van der Waals surface area contributed by atoms with E-state index in [9.17, 15) is 9.90 Å². The summed E-state index contributed by atoms with van der Waals surface area (Å²) in [5.74, 6) is 0.142. The number of amides is 1. The van der Waals surface area contributed by atoms with Gasteiger partial charge in [0.1, 0.15) is 5.75 Å². The molecule has 1 amide bonds. The van der Waals surface area contributed by atoms with Gasteiger partial charge >= 0.3 is 0 Å². The molecule has 17 heavy (non-hydrogen) atoms. The number of aromatic nitrogens is 1. The second-order valence-corrected chi connectivity index (χ2v) is 4.27. The van der Waals surface area contributed by atoms with Crippen LogP contribution in [0.3, 0.4) is 0 Å². The van der Waals surface area contributed by atoms with Crippen LogP contribution in [0.5, 0.6) is 5.75 Å². The van der Waals surface area contributed by atoms with E-state index in [4.69, 9.17) is 0 Å². The Morgan fingerprint density at radius 2 is 2.29 bits per heavy atom. The van der Waals surface area contributed by atoms with Crippen LogP contribution in [0.1, 0.15) is 23.3 Å². The van der Waals surface area contributed by atoms with Crippen LogP contribution in [0, 0.1) is 5.92 Å². The standard InChI is InChI=1S/C12H17N3O2/c16-10-2-1-5-14-11(10)12(17)15-8-9-3-6-13-7-4-9/h1-2,5,9,13,16H,3-4,6-8H2,(H,15,17). The van der Waals surface area contributed by atoms with Crippen molar-refractivity contribution in [1.82, 2.24) is 15.6 Å². The Kier molecular flexibility index (Phi) is 3.93. The normalized spacial score (nSPS) is 16.7. The molecule has 0 radical (unpaired) electrons. The number of pyridine rings is 1. The lowest BCUT2D eigenvalue weighted by atomic mass is 9.98. The summed E-state index contributed by atoms with van der Waals surface area (Å²) in [6.45, 7) is 2.67. The molecule has 0 aliphatic carbocycles. The van der Waals surface area contributed by atoms with Crippen LogP contribution in [-0.2, 0) is 0 Å². The van der Waals surface area contributed by atoms with Crippen LogP contribution in [0.15, 0.2) is 18.3 Å². The SMILES string of the molecule is O=C(NCC1CCNCC1)c1ncccc1O. The molecule has 2 rings (SSSR count). The van der Waals surface area contributed by atoms with Gasteiger partial charge in [-0.2, -0.15) is 0 Å². The van der Waals surface area contributed by atoms with E-state index >= 15 is 0 Å². The highest BCUT2D eigenvalue weighted by Gasteiger charge is 2.16. The molecular formula is C12H17N3O2. The van der Waals surface area contributed by atoms with Gasteiger partial charge in [-0.1, -0.05) is 0 Å². The number of rotatable bonds is 3. The van der Waals surface area contributed by atoms with Crippen molar-refractivity contribution in [3.8, 4) is 5.75 Å². The monoisotopic (exact) mass is 235 g/mol. The first kappa shape index (κ1) is 11.9. The highest BCUT2D eigenvalue weighted by molar-refractivity contribution is 5.94. The Bertz CT molecular complexity index is 389. The van der Waals surface area contributed by atoms with E-state index < -0.39 is 0 Å². The number of carbonyl (C=O) groups excluding carboxylic acids is 1. The summed E-state index contributed by atoms with van der Waals surface area (Å²) in [7, 11) is 0.